The summed E-state index contributed by atoms with van der Waals surface area (Å²) in [4.78, 5) is 21.1. The highest BCUT2D eigenvalue weighted by molar-refractivity contribution is 5.90. The largest absolute Gasteiger partial charge is 0.452 e. The maximum absolute atomic E-state index is 13.0. The third kappa shape index (κ3) is 3.95. The van der Waals surface area contributed by atoms with Crippen LogP contribution in [0.5, 0.6) is 0 Å². The molecule has 0 unspecified atom stereocenters. The van der Waals surface area contributed by atoms with Gasteiger partial charge in [0, 0.05) is 11.8 Å². The van der Waals surface area contributed by atoms with Gasteiger partial charge in [0.05, 0.1) is 11.9 Å². The highest BCUT2D eigenvalue weighted by atomic mass is 19.1. The van der Waals surface area contributed by atoms with Gasteiger partial charge in [-0.15, -0.1) is 0 Å². The Kier molecular flexibility index (Phi) is 5.34. The molecule has 0 N–H and O–H groups in total. The first-order valence-electron chi connectivity index (χ1n) is 9.28. The van der Waals surface area contributed by atoms with E-state index in [4.69, 9.17) is 9.26 Å². The van der Waals surface area contributed by atoms with Crippen molar-refractivity contribution in [1.29, 1.82) is 0 Å². The predicted octanol–water partition coefficient (Wildman–Crippen LogP) is 3.94. The molecule has 0 saturated carbocycles. The van der Waals surface area contributed by atoms with Crippen molar-refractivity contribution in [3.8, 4) is 17.2 Å². The Balaban J connectivity index is 1.50. The average Bonchev–Trinajstić information content (AvgIpc) is 3.41. The van der Waals surface area contributed by atoms with E-state index in [2.05, 4.69) is 20.2 Å². The zero-order valence-corrected chi connectivity index (χ0v) is 16.3. The molecule has 0 bridgehead atoms. The fourth-order valence-corrected chi connectivity index (χ4v) is 2.97. The van der Waals surface area contributed by atoms with Gasteiger partial charge in [-0.05, 0) is 42.3 Å². The molecule has 3 heterocycles. The van der Waals surface area contributed by atoms with Crippen LogP contribution in [-0.4, -0.2) is 30.9 Å². The van der Waals surface area contributed by atoms with Gasteiger partial charge in [-0.1, -0.05) is 25.1 Å². The number of esters is 1. The van der Waals surface area contributed by atoms with Gasteiger partial charge >= 0.3 is 5.97 Å². The molecule has 0 aliphatic heterocycles. The van der Waals surface area contributed by atoms with E-state index in [0.29, 0.717) is 22.6 Å². The summed E-state index contributed by atoms with van der Waals surface area (Å²) in [7, 11) is 0. The lowest BCUT2D eigenvalue weighted by molar-refractivity contribution is 0.0428. The summed E-state index contributed by atoms with van der Waals surface area (Å²) in [5, 5.41) is 8.14. The third-order valence-corrected chi connectivity index (χ3v) is 4.34. The molecule has 4 rings (SSSR count). The first-order valence-corrected chi connectivity index (χ1v) is 9.28. The number of ether oxygens (including phenoxy) is 1. The van der Waals surface area contributed by atoms with Gasteiger partial charge in [0.1, 0.15) is 11.4 Å². The Bertz CT molecular complexity index is 1150. The van der Waals surface area contributed by atoms with Crippen LogP contribution in [0.3, 0.4) is 0 Å². The van der Waals surface area contributed by atoms with E-state index in [-0.39, 0.29) is 30.1 Å². The van der Waals surface area contributed by atoms with E-state index in [9.17, 15) is 9.18 Å². The second-order valence-corrected chi connectivity index (χ2v) is 6.79. The normalized spacial score (nSPS) is 11.1. The molecule has 0 saturated heterocycles. The predicted molar refractivity (Wildman–Crippen MR) is 104 cm³/mol. The van der Waals surface area contributed by atoms with Crippen LogP contribution in [0.25, 0.3) is 17.2 Å². The number of carbonyl (C=O) groups excluding carboxylic acids is 1. The number of nitrogens with zero attached hydrogens (tertiary/aromatic N) is 5. The van der Waals surface area contributed by atoms with Crippen LogP contribution in [0.15, 0.2) is 59.4 Å². The number of benzene rings is 1. The Morgan fingerprint density at radius 3 is 2.70 bits per heavy atom. The maximum atomic E-state index is 13.0. The van der Waals surface area contributed by atoms with E-state index < -0.39 is 5.97 Å². The fourth-order valence-electron chi connectivity index (χ4n) is 2.97. The standard InChI is InChI=1S/C21H18FN5O3/c1-13(2)19-16(11-24-27(19)17-5-3-4-10-23-17)21(28)29-12-18-25-20(26-30-18)14-6-8-15(22)9-7-14/h3-11,13H,12H2,1-2H3. The molecule has 8 nitrogen and oxygen atoms in total. The Labute approximate surface area is 171 Å². The summed E-state index contributed by atoms with van der Waals surface area (Å²) in [6.45, 7) is 3.72. The molecule has 30 heavy (non-hydrogen) atoms. The van der Waals surface area contributed by atoms with Crippen molar-refractivity contribution < 1.29 is 18.4 Å². The van der Waals surface area contributed by atoms with E-state index in [0.717, 1.165) is 0 Å². The highest BCUT2D eigenvalue weighted by Gasteiger charge is 2.23. The number of hydrogen-bond donors (Lipinski definition) is 0. The Hall–Kier alpha value is -3.88. The summed E-state index contributed by atoms with van der Waals surface area (Å²) in [5.74, 6) is 0.121. The topological polar surface area (TPSA) is 95.9 Å². The maximum Gasteiger partial charge on any atom is 0.342 e. The summed E-state index contributed by atoms with van der Waals surface area (Å²) in [6, 6.07) is 11.1. The summed E-state index contributed by atoms with van der Waals surface area (Å²) in [5.41, 5.74) is 1.63. The van der Waals surface area contributed by atoms with Crippen molar-refractivity contribution in [3.63, 3.8) is 0 Å². The van der Waals surface area contributed by atoms with Crippen molar-refractivity contribution in [1.82, 2.24) is 24.9 Å². The quantitative estimate of drug-likeness (QED) is 0.447. The lowest BCUT2D eigenvalue weighted by atomic mass is 10.1. The zero-order valence-electron chi connectivity index (χ0n) is 16.3. The SMILES string of the molecule is CC(C)c1c(C(=O)OCc2nc(-c3ccc(F)cc3)no2)cnn1-c1ccccn1. The van der Waals surface area contributed by atoms with Crippen molar-refractivity contribution in [3.05, 3.63) is 77.8 Å². The molecule has 4 aromatic rings. The molecule has 0 spiro atoms. The number of pyridine rings is 1. The summed E-state index contributed by atoms with van der Waals surface area (Å²) < 4.78 is 25.1. The van der Waals surface area contributed by atoms with Gasteiger partial charge in [0.25, 0.3) is 5.89 Å². The van der Waals surface area contributed by atoms with Gasteiger partial charge < -0.3 is 9.26 Å². The van der Waals surface area contributed by atoms with Gasteiger partial charge in [-0.2, -0.15) is 10.1 Å². The van der Waals surface area contributed by atoms with Crippen molar-refractivity contribution in [2.45, 2.75) is 26.4 Å². The molecular weight excluding hydrogens is 389 g/mol. The molecule has 3 aromatic heterocycles. The third-order valence-electron chi connectivity index (χ3n) is 4.34. The number of aromatic nitrogens is 5. The smallest absolute Gasteiger partial charge is 0.342 e. The van der Waals surface area contributed by atoms with Crippen LogP contribution < -0.4 is 0 Å². The van der Waals surface area contributed by atoms with Crippen LogP contribution >= 0.6 is 0 Å². The molecular formula is C21H18FN5O3. The van der Waals surface area contributed by atoms with Gasteiger partial charge in [-0.3, -0.25) is 0 Å². The molecule has 0 aliphatic carbocycles. The Morgan fingerprint density at radius 2 is 2.00 bits per heavy atom. The van der Waals surface area contributed by atoms with Gasteiger partial charge in [-0.25, -0.2) is 18.9 Å². The minimum absolute atomic E-state index is 0.00513. The van der Waals surface area contributed by atoms with Gasteiger partial charge in [0.2, 0.25) is 5.82 Å². The minimum Gasteiger partial charge on any atom is -0.452 e. The number of hydrogen-bond acceptors (Lipinski definition) is 7. The van der Waals surface area contributed by atoms with Crippen LogP contribution in [0, 0.1) is 5.82 Å². The average molecular weight is 407 g/mol. The van der Waals surface area contributed by atoms with E-state index in [1.807, 2.05) is 32.0 Å². The molecule has 0 aliphatic rings. The number of carbonyl (C=O) groups is 1. The first kappa shape index (κ1) is 19.4. The second kappa shape index (κ2) is 8.24. The van der Waals surface area contributed by atoms with E-state index in [1.54, 1.807) is 10.9 Å². The zero-order chi connectivity index (χ0) is 21.1. The molecule has 152 valence electrons. The number of halogens is 1. The van der Waals surface area contributed by atoms with Crippen LogP contribution in [0.1, 0.15) is 41.7 Å². The molecule has 9 heteroatoms. The van der Waals surface area contributed by atoms with E-state index >= 15 is 0 Å². The molecule has 0 amide bonds. The lowest BCUT2D eigenvalue weighted by Gasteiger charge is -2.11. The van der Waals surface area contributed by atoms with E-state index in [1.165, 1.54) is 30.5 Å². The summed E-state index contributed by atoms with van der Waals surface area (Å²) >= 11 is 0. The van der Waals surface area contributed by atoms with Crippen LogP contribution in [0.2, 0.25) is 0 Å². The van der Waals surface area contributed by atoms with Crippen molar-refractivity contribution in [2.24, 2.45) is 0 Å². The molecule has 0 radical (unpaired) electrons. The second-order valence-electron chi connectivity index (χ2n) is 6.79. The summed E-state index contributed by atoms with van der Waals surface area (Å²) in [6.07, 6.45) is 3.12. The first-order chi connectivity index (χ1) is 14.5. The number of rotatable bonds is 6. The van der Waals surface area contributed by atoms with Crippen molar-refractivity contribution >= 4 is 5.97 Å². The highest BCUT2D eigenvalue weighted by Crippen LogP contribution is 2.23. The van der Waals surface area contributed by atoms with Crippen LogP contribution in [-0.2, 0) is 11.3 Å². The van der Waals surface area contributed by atoms with Crippen molar-refractivity contribution in [2.75, 3.05) is 0 Å². The lowest BCUT2D eigenvalue weighted by Crippen LogP contribution is -2.11. The fraction of sp³-hybridized carbons (Fsp3) is 0.190. The molecule has 0 fully saturated rings. The Morgan fingerprint density at radius 1 is 1.20 bits per heavy atom. The molecule has 0 atom stereocenters. The van der Waals surface area contributed by atoms with Gasteiger partial charge in [0.15, 0.2) is 12.4 Å². The molecule has 1 aromatic carbocycles. The monoisotopic (exact) mass is 407 g/mol. The minimum atomic E-state index is -0.553. The van der Waals surface area contributed by atoms with Crippen LogP contribution in [0.4, 0.5) is 4.39 Å².